The Balaban J connectivity index is 2.59. The molecule has 0 unspecified atom stereocenters. The third-order valence-electron chi connectivity index (χ3n) is 3.38. The minimum Gasteiger partial charge on any atom is -0.381 e. The van der Waals surface area contributed by atoms with Crippen LogP contribution in [0.3, 0.4) is 0 Å². The smallest absolute Gasteiger partial charge is 0.246 e. The van der Waals surface area contributed by atoms with Gasteiger partial charge in [-0.25, -0.2) is 0 Å². The second-order valence-corrected chi connectivity index (χ2v) is 5.68. The second kappa shape index (κ2) is 9.24. The van der Waals surface area contributed by atoms with Gasteiger partial charge in [-0.2, -0.15) is 0 Å². The standard InChI is InChI=1S/C16H26N4O3/c1-11(17)15(22)18-12(2)16(23)19-14-6-4-5-13(9-14)7-8-20(3)10-21/h4-6,9,11-12,21H,7-8,10,17H2,1-3H3,(H,18,22)(H,19,23)/t11-,12-/m0/s1. The van der Waals surface area contributed by atoms with Crippen molar-refractivity contribution in [1.82, 2.24) is 10.2 Å². The highest BCUT2D eigenvalue weighted by atomic mass is 16.3. The first-order valence-electron chi connectivity index (χ1n) is 7.58. The highest BCUT2D eigenvalue weighted by molar-refractivity contribution is 5.97. The molecule has 2 amide bonds. The zero-order valence-corrected chi connectivity index (χ0v) is 13.9. The molecule has 1 aromatic rings. The van der Waals surface area contributed by atoms with Crippen LogP contribution in [0.25, 0.3) is 0 Å². The summed E-state index contributed by atoms with van der Waals surface area (Å²) in [5, 5.41) is 14.3. The van der Waals surface area contributed by atoms with E-state index in [9.17, 15) is 9.59 Å². The molecule has 7 nitrogen and oxygen atoms in total. The number of nitrogens with zero attached hydrogens (tertiary/aromatic N) is 1. The van der Waals surface area contributed by atoms with Crippen LogP contribution >= 0.6 is 0 Å². The molecule has 5 N–H and O–H groups in total. The van der Waals surface area contributed by atoms with Gasteiger partial charge in [0.15, 0.2) is 0 Å². The van der Waals surface area contributed by atoms with E-state index in [-0.39, 0.29) is 18.5 Å². The number of carbonyl (C=O) groups excluding carboxylic acids is 2. The molecule has 0 bridgehead atoms. The first-order valence-corrected chi connectivity index (χ1v) is 7.58. The lowest BCUT2D eigenvalue weighted by Crippen LogP contribution is -2.47. The molecule has 1 rings (SSSR count). The molecule has 23 heavy (non-hydrogen) atoms. The van der Waals surface area contributed by atoms with E-state index < -0.39 is 12.1 Å². The van der Waals surface area contributed by atoms with Gasteiger partial charge in [0.05, 0.1) is 12.8 Å². The maximum atomic E-state index is 12.1. The predicted octanol–water partition coefficient (Wildman–Crippen LogP) is -0.0989. The number of hydrogen-bond donors (Lipinski definition) is 4. The molecule has 0 spiro atoms. The summed E-state index contributed by atoms with van der Waals surface area (Å²) in [6, 6.07) is 6.16. The van der Waals surface area contributed by atoms with Gasteiger partial charge in [-0.05, 0) is 45.0 Å². The molecule has 0 heterocycles. The fourth-order valence-corrected chi connectivity index (χ4v) is 1.86. The number of rotatable bonds is 8. The number of carbonyl (C=O) groups is 2. The number of amides is 2. The van der Waals surface area contributed by atoms with Gasteiger partial charge >= 0.3 is 0 Å². The molecule has 1 aromatic carbocycles. The van der Waals surface area contributed by atoms with Crippen molar-refractivity contribution in [2.24, 2.45) is 5.73 Å². The Morgan fingerprint density at radius 2 is 2.00 bits per heavy atom. The van der Waals surface area contributed by atoms with E-state index >= 15 is 0 Å². The molecule has 0 aliphatic carbocycles. The SMILES string of the molecule is C[C@H](N)C(=O)N[C@@H](C)C(=O)Nc1cccc(CCN(C)CO)c1. The highest BCUT2D eigenvalue weighted by Crippen LogP contribution is 2.12. The number of aliphatic hydroxyl groups is 1. The number of nitrogens with two attached hydrogens (primary N) is 1. The first kappa shape index (κ1) is 19.1. The van der Waals surface area contributed by atoms with E-state index in [0.717, 1.165) is 18.5 Å². The van der Waals surface area contributed by atoms with Crippen molar-refractivity contribution in [3.05, 3.63) is 29.8 Å². The van der Waals surface area contributed by atoms with Crippen molar-refractivity contribution in [2.75, 3.05) is 25.6 Å². The molecule has 0 saturated carbocycles. The lowest BCUT2D eigenvalue weighted by atomic mass is 10.1. The molecular weight excluding hydrogens is 296 g/mol. The summed E-state index contributed by atoms with van der Waals surface area (Å²) in [4.78, 5) is 25.4. The number of likely N-dealkylation sites (N-methyl/N-ethyl adjacent to an activating group) is 1. The predicted molar refractivity (Wildman–Crippen MR) is 89.7 cm³/mol. The summed E-state index contributed by atoms with van der Waals surface area (Å²) in [5.74, 6) is -0.669. The zero-order valence-electron chi connectivity index (χ0n) is 13.9. The van der Waals surface area contributed by atoms with Crippen LogP contribution in [0.1, 0.15) is 19.4 Å². The maximum absolute atomic E-state index is 12.1. The van der Waals surface area contributed by atoms with Crippen LogP contribution in [0.5, 0.6) is 0 Å². The van der Waals surface area contributed by atoms with Gasteiger partial charge in [0.2, 0.25) is 11.8 Å². The van der Waals surface area contributed by atoms with Crippen molar-refractivity contribution in [3.63, 3.8) is 0 Å². The van der Waals surface area contributed by atoms with E-state index in [1.54, 1.807) is 24.8 Å². The second-order valence-electron chi connectivity index (χ2n) is 5.68. The topological polar surface area (TPSA) is 108 Å². The average Bonchev–Trinajstić information content (AvgIpc) is 2.52. The van der Waals surface area contributed by atoms with E-state index in [0.29, 0.717) is 5.69 Å². The maximum Gasteiger partial charge on any atom is 0.246 e. The van der Waals surface area contributed by atoms with Crippen molar-refractivity contribution < 1.29 is 14.7 Å². The lowest BCUT2D eigenvalue weighted by molar-refractivity contribution is -0.126. The van der Waals surface area contributed by atoms with E-state index in [1.165, 1.54) is 0 Å². The van der Waals surface area contributed by atoms with Crippen molar-refractivity contribution in [3.8, 4) is 0 Å². The summed E-state index contributed by atoms with van der Waals surface area (Å²) in [7, 11) is 1.83. The van der Waals surface area contributed by atoms with Gasteiger partial charge in [-0.3, -0.25) is 14.5 Å². The van der Waals surface area contributed by atoms with E-state index in [2.05, 4.69) is 10.6 Å². The molecule has 0 saturated heterocycles. The Labute approximate surface area is 136 Å². The molecule has 128 valence electrons. The van der Waals surface area contributed by atoms with Crippen molar-refractivity contribution in [2.45, 2.75) is 32.4 Å². The first-order chi connectivity index (χ1) is 10.8. The summed E-state index contributed by atoms with van der Waals surface area (Å²) in [6.07, 6.45) is 0.762. The van der Waals surface area contributed by atoms with Crippen LogP contribution in [-0.2, 0) is 16.0 Å². The van der Waals surface area contributed by atoms with Crippen molar-refractivity contribution >= 4 is 17.5 Å². The monoisotopic (exact) mass is 322 g/mol. The van der Waals surface area contributed by atoms with Gasteiger partial charge in [-0.15, -0.1) is 0 Å². The molecule has 0 fully saturated rings. The summed E-state index contributed by atoms with van der Waals surface area (Å²) >= 11 is 0. The number of hydrogen-bond acceptors (Lipinski definition) is 5. The van der Waals surface area contributed by atoms with Crippen molar-refractivity contribution in [1.29, 1.82) is 0 Å². The van der Waals surface area contributed by atoms with Crippen LogP contribution in [0.15, 0.2) is 24.3 Å². The number of nitrogens with one attached hydrogen (secondary N) is 2. The van der Waals surface area contributed by atoms with Crippen LogP contribution in [0.4, 0.5) is 5.69 Å². The van der Waals surface area contributed by atoms with Crippen LogP contribution < -0.4 is 16.4 Å². The minimum atomic E-state index is -0.669. The molecular formula is C16H26N4O3. The molecule has 7 heteroatoms. The minimum absolute atomic E-state index is 0.00715. The van der Waals surface area contributed by atoms with Crippen LogP contribution in [0, 0.1) is 0 Å². The Morgan fingerprint density at radius 3 is 2.61 bits per heavy atom. The van der Waals surface area contributed by atoms with Gasteiger partial charge in [0.1, 0.15) is 6.04 Å². The zero-order chi connectivity index (χ0) is 17.4. The fourth-order valence-electron chi connectivity index (χ4n) is 1.86. The van der Waals surface area contributed by atoms with Gasteiger partial charge in [-0.1, -0.05) is 12.1 Å². The molecule has 0 aliphatic rings. The molecule has 2 atom stereocenters. The third kappa shape index (κ3) is 6.77. The Hall–Kier alpha value is -1.96. The Kier molecular flexibility index (Phi) is 7.67. The average molecular weight is 322 g/mol. The molecule has 0 aromatic heterocycles. The van der Waals surface area contributed by atoms with Crippen LogP contribution in [-0.4, -0.2) is 54.2 Å². The largest absolute Gasteiger partial charge is 0.381 e. The van der Waals surface area contributed by atoms with Gasteiger partial charge < -0.3 is 21.5 Å². The lowest BCUT2D eigenvalue weighted by Gasteiger charge is -2.16. The summed E-state index contributed by atoms with van der Waals surface area (Å²) in [6.45, 7) is 3.89. The third-order valence-corrected chi connectivity index (χ3v) is 3.38. The number of benzene rings is 1. The van der Waals surface area contributed by atoms with E-state index in [1.807, 2.05) is 25.2 Å². The highest BCUT2D eigenvalue weighted by Gasteiger charge is 2.17. The quantitative estimate of drug-likeness (QED) is 0.500. The molecule has 0 aliphatic heterocycles. The number of aliphatic hydroxyl groups excluding tert-OH is 1. The summed E-state index contributed by atoms with van der Waals surface area (Å²) in [5.41, 5.74) is 7.18. The normalized spacial score (nSPS) is 13.5. The van der Waals surface area contributed by atoms with Gasteiger partial charge in [0.25, 0.3) is 0 Å². The molecule has 0 radical (unpaired) electrons. The van der Waals surface area contributed by atoms with E-state index in [4.69, 9.17) is 10.8 Å². The Bertz CT molecular complexity index is 534. The summed E-state index contributed by atoms with van der Waals surface area (Å²) < 4.78 is 0. The van der Waals surface area contributed by atoms with Crippen LogP contribution in [0.2, 0.25) is 0 Å². The fraction of sp³-hybridized carbons (Fsp3) is 0.500. The number of anilines is 1. The van der Waals surface area contributed by atoms with Gasteiger partial charge in [0, 0.05) is 12.2 Å². The Morgan fingerprint density at radius 1 is 1.30 bits per heavy atom.